The van der Waals surface area contributed by atoms with Crippen molar-refractivity contribution in [2.45, 2.75) is 66.2 Å². The lowest BCUT2D eigenvalue weighted by atomic mass is 9.77. The van der Waals surface area contributed by atoms with Gasteiger partial charge in [-0.2, -0.15) is 0 Å². The molecular weight excluding hydrogens is 384 g/mol. The molecule has 0 saturated carbocycles. The minimum Gasteiger partial charge on any atom is -0.493 e. The molecule has 31 heavy (non-hydrogen) atoms. The van der Waals surface area contributed by atoms with Crippen molar-refractivity contribution >= 4 is 12.0 Å². The summed E-state index contributed by atoms with van der Waals surface area (Å²) in [7, 11) is 0. The van der Waals surface area contributed by atoms with E-state index in [9.17, 15) is 4.79 Å². The second kappa shape index (κ2) is 9.55. The molecule has 0 bridgehead atoms. The van der Waals surface area contributed by atoms with Crippen LogP contribution in [-0.4, -0.2) is 17.7 Å². The molecule has 0 fully saturated rings. The fourth-order valence-corrected chi connectivity index (χ4v) is 3.47. The van der Waals surface area contributed by atoms with Crippen LogP contribution in [-0.2, 0) is 15.6 Å². The maximum absolute atomic E-state index is 11.0. The highest BCUT2D eigenvalue weighted by molar-refractivity contribution is 5.83. The number of hydrogen-bond donors (Lipinski definition) is 1. The maximum atomic E-state index is 11.0. The normalized spacial score (nSPS) is 13.0. The van der Waals surface area contributed by atoms with Gasteiger partial charge in [0.1, 0.15) is 5.75 Å². The van der Waals surface area contributed by atoms with E-state index < -0.39 is 5.97 Å². The number of allylic oxidation sites excluding steroid dienone is 2. The fourth-order valence-electron chi connectivity index (χ4n) is 3.47. The van der Waals surface area contributed by atoms with Crippen LogP contribution in [0.5, 0.6) is 5.75 Å². The summed E-state index contributed by atoms with van der Waals surface area (Å²) < 4.78 is 6.24. The number of carboxylic acids is 1. The van der Waals surface area contributed by atoms with Crippen molar-refractivity contribution in [3.63, 3.8) is 0 Å². The summed E-state index contributed by atoms with van der Waals surface area (Å²) in [4.78, 5) is 11.0. The molecular formula is C28H36O3. The van der Waals surface area contributed by atoms with Crippen LogP contribution in [0.15, 0.2) is 54.1 Å². The fraction of sp³-hybridized carbons (Fsp3) is 0.393. The van der Waals surface area contributed by atoms with E-state index in [1.165, 1.54) is 17.2 Å². The largest absolute Gasteiger partial charge is 0.493 e. The molecule has 3 heteroatoms. The zero-order valence-corrected chi connectivity index (χ0v) is 20.2. The number of rotatable bonds is 6. The van der Waals surface area contributed by atoms with Crippen LogP contribution in [0.1, 0.15) is 72.1 Å². The van der Waals surface area contributed by atoms with Crippen molar-refractivity contribution in [2.75, 3.05) is 6.61 Å². The average Bonchev–Trinajstić information content (AvgIpc) is 2.64. The molecule has 2 aromatic carbocycles. The van der Waals surface area contributed by atoms with Gasteiger partial charge in [0.2, 0.25) is 0 Å². The molecule has 3 nitrogen and oxygen atoms in total. The van der Waals surface area contributed by atoms with Crippen molar-refractivity contribution in [1.29, 1.82) is 0 Å². The topological polar surface area (TPSA) is 46.5 Å². The second-order valence-corrected chi connectivity index (χ2v) is 9.98. The highest BCUT2D eigenvalue weighted by atomic mass is 16.5. The molecule has 0 saturated heterocycles. The monoisotopic (exact) mass is 420 g/mol. The molecule has 1 N–H and O–H groups in total. The summed E-state index contributed by atoms with van der Waals surface area (Å²) in [6, 6.07) is 12.7. The number of aliphatic carboxylic acids is 1. The molecule has 2 aromatic rings. The number of hydrogen-bond acceptors (Lipinski definition) is 2. The van der Waals surface area contributed by atoms with Crippen LogP contribution < -0.4 is 4.74 Å². The zero-order chi connectivity index (χ0) is 23.4. The second-order valence-electron chi connectivity index (χ2n) is 9.98. The van der Waals surface area contributed by atoms with Crippen LogP contribution in [0.3, 0.4) is 0 Å². The van der Waals surface area contributed by atoms with Gasteiger partial charge in [0.05, 0.1) is 6.61 Å². The number of carboxylic acid groups (broad SMARTS) is 1. The highest BCUT2D eigenvalue weighted by Crippen LogP contribution is 2.44. The summed E-state index contributed by atoms with van der Waals surface area (Å²) >= 11 is 0. The third-order valence-corrected chi connectivity index (χ3v) is 5.18. The molecule has 0 aliphatic rings. The Morgan fingerprint density at radius 3 is 2.19 bits per heavy atom. The molecule has 0 aliphatic carbocycles. The Bertz CT molecular complexity index is 996. The van der Waals surface area contributed by atoms with E-state index >= 15 is 0 Å². The summed E-state index contributed by atoms with van der Waals surface area (Å²) in [5.74, 6) is -0.0246. The molecule has 0 atom stereocenters. The first-order valence-electron chi connectivity index (χ1n) is 10.8. The van der Waals surface area contributed by atoms with Gasteiger partial charge < -0.3 is 9.84 Å². The average molecular weight is 421 g/mol. The Morgan fingerprint density at radius 2 is 1.65 bits per heavy atom. The van der Waals surface area contributed by atoms with Gasteiger partial charge in [0, 0.05) is 17.2 Å². The van der Waals surface area contributed by atoms with Crippen LogP contribution in [0.4, 0.5) is 0 Å². The van der Waals surface area contributed by atoms with Gasteiger partial charge >= 0.3 is 5.97 Å². The van der Waals surface area contributed by atoms with Crippen molar-refractivity contribution in [3.8, 4) is 16.9 Å². The zero-order valence-electron chi connectivity index (χ0n) is 20.2. The quantitative estimate of drug-likeness (QED) is 0.391. The summed E-state index contributed by atoms with van der Waals surface area (Å²) in [6.07, 6.45) is 5.02. The summed E-state index contributed by atoms with van der Waals surface area (Å²) in [6.45, 7) is 17.7. The molecule has 0 amide bonds. The first kappa shape index (κ1) is 24.5. The highest BCUT2D eigenvalue weighted by Gasteiger charge is 2.27. The molecule has 2 rings (SSSR count). The molecule has 0 aliphatic heterocycles. The van der Waals surface area contributed by atoms with Gasteiger partial charge in [-0.25, -0.2) is 4.79 Å². The van der Waals surface area contributed by atoms with Crippen LogP contribution >= 0.6 is 0 Å². The Morgan fingerprint density at radius 1 is 1.00 bits per heavy atom. The minimum absolute atomic E-state index is 0.00884. The van der Waals surface area contributed by atoms with Gasteiger partial charge in [-0.3, -0.25) is 0 Å². The molecule has 0 spiro atoms. The Balaban J connectivity index is 2.81. The van der Waals surface area contributed by atoms with E-state index in [1.807, 2.05) is 31.2 Å². The Labute approximate surface area is 187 Å². The first-order chi connectivity index (χ1) is 14.3. The van der Waals surface area contributed by atoms with Crippen molar-refractivity contribution < 1.29 is 14.6 Å². The lowest BCUT2D eigenvalue weighted by Crippen LogP contribution is -2.18. The third-order valence-electron chi connectivity index (χ3n) is 5.18. The smallest absolute Gasteiger partial charge is 0.328 e. The SMILES string of the molecule is CCOc1c(-c2ccccc2/C=C/C(C)=C/C(=O)O)cc(C(C)(C)C)cc1C(C)(C)C. The standard InChI is InChI=1S/C28H36O3/c1-9-31-26-23(17-21(27(3,4)5)18-24(26)28(6,7)8)22-13-11-10-12-20(22)15-14-19(2)16-25(29)30/h10-18H,9H2,1-8H3,(H,29,30)/b15-14+,19-16+. The van der Waals surface area contributed by atoms with Crippen molar-refractivity contribution in [2.24, 2.45) is 0 Å². The Kier molecular flexibility index (Phi) is 7.54. The van der Waals surface area contributed by atoms with E-state index in [1.54, 1.807) is 6.92 Å². The maximum Gasteiger partial charge on any atom is 0.328 e. The summed E-state index contributed by atoms with van der Waals surface area (Å²) in [5.41, 5.74) is 6.21. The van der Waals surface area contributed by atoms with Crippen molar-refractivity contribution in [3.05, 3.63) is 70.8 Å². The van der Waals surface area contributed by atoms with E-state index in [2.05, 4.69) is 65.8 Å². The Hall–Kier alpha value is -2.81. The lowest BCUT2D eigenvalue weighted by molar-refractivity contribution is -0.131. The predicted molar refractivity (Wildman–Crippen MR) is 131 cm³/mol. The van der Waals surface area contributed by atoms with Crippen molar-refractivity contribution in [1.82, 2.24) is 0 Å². The number of benzene rings is 2. The molecule has 0 heterocycles. The van der Waals surface area contributed by atoms with Gasteiger partial charge in [0.15, 0.2) is 0 Å². The first-order valence-corrected chi connectivity index (χ1v) is 10.8. The van der Waals surface area contributed by atoms with Gasteiger partial charge in [0.25, 0.3) is 0 Å². The molecule has 0 radical (unpaired) electrons. The van der Waals surface area contributed by atoms with Crippen LogP contribution in [0, 0.1) is 0 Å². The van der Waals surface area contributed by atoms with E-state index in [0.717, 1.165) is 22.4 Å². The summed E-state index contributed by atoms with van der Waals surface area (Å²) in [5, 5.41) is 9.00. The van der Waals surface area contributed by atoms with E-state index in [0.29, 0.717) is 12.2 Å². The lowest BCUT2D eigenvalue weighted by Gasteiger charge is -2.29. The van der Waals surface area contributed by atoms with Gasteiger partial charge in [-0.1, -0.05) is 84.0 Å². The van der Waals surface area contributed by atoms with Gasteiger partial charge in [-0.15, -0.1) is 0 Å². The van der Waals surface area contributed by atoms with Crippen LogP contribution in [0.25, 0.3) is 17.2 Å². The number of carbonyl (C=O) groups is 1. The van der Waals surface area contributed by atoms with Gasteiger partial charge in [-0.05, 0) is 53.0 Å². The minimum atomic E-state index is -0.943. The molecule has 166 valence electrons. The molecule has 0 aromatic heterocycles. The number of ether oxygens (including phenoxy) is 1. The van der Waals surface area contributed by atoms with Crippen LogP contribution in [0.2, 0.25) is 0 Å². The predicted octanol–water partition coefficient (Wildman–Crippen LogP) is 7.39. The third kappa shape index (κ3) is 6.33. The van der Waals surface area contributed by atoms with E-state index in [4.69, 9.17) is 9.84 Å². The van der Waals surface area contributed by atoms with E-state index in [-0.39, 0.29) is 10.8 Å². The molecule has 0 unspecified atom stereocenters.